The van der Waals surface area contributed by atoms with Crippen molar-refractivity contribution in [1.29, 1.82) is 0 Å². The van der Waals surface area contributed by atoms with Crippen molar-refractivity contribution in [2.45, 2.75) is 142 Å². The van der Waals surface area contributed by atoms with E-state index in [1.54, 1.807) is 33.9 Å². The molecular formula is C43H59N3O9S. The van der Waals surface area contributed by atoms with Crippen LogP contribution in [0.2, 0.25) is 0 Å². The molecule has 2 aromatic rings. The van der Waals surface area contributed by atoms with E-state index >= 15 is 0 Å². The van der Waals surface area contributed by atoms with Crippen LogP contribution in [0.1, 0.15) is 113 Å². The highest BCUT2D eigenvalue weighted by Gasteiger charge is 2.62. The Morgan fingerprint density at radius 2 is 1.82 bits per heavy atom. The number of benzene rings is 1. The maximum absolute atomic E-state index is 14.9. The molecule has 2 saturated carbocycles. The molecule has 2 amide bonds. The molecule has 12 nitrogen and oxygen atoms in total. The minimum atomic E-state index is -3.95. The number of ketones is 1. The number of Topliss-reactive ketones (excluding diaryl/α,β-unsaturated/α-hetero) is 1. The molecule has 1 saturated heterocycles. The number of hydrogen-bond acceptors (Lipinski definition) is 10. The quantitative estimate of drug-likeness (QED) is 0.214. The monoisotopic (exact) mass is 793 g/mol. The summed E-state index contributed by atoms with van der Waals surface area (Å²) in [6.45, 7) is 15.0. The van der Waals surface area contributed by atoms with Gasteiger partial charge in [0.15, 0.2) is 5.78 Å². The van der Waals surface area contributed by atoms with Gasteiger partial charge in [0.2, 0.25) is 27.7 Å². The number of allylic oxidation sites excluding steroid dienone is 2. The number of carbonyl (C=O) groups is 4. The van der Waals surface area contributed by atoms with E-state index in [0.717, 1.165) is 23.6 Å². The van der Waals surface area contributed by atoms with Gasteiger partial charge in [-0.1, -0.05) is 26.0 Å². The van der Waals surface area contributed by atoms with Crippen LogP contribution in [0.3, 0.4) is 0 Å². The number of rotatable bonds is 9. The fraction of sp³-hybridized carbons (Fsp3) is 0.651. The van der Waals surface area contributed by atoms with Gasteiger partial charge in [-0.2, -0.15) is 0 Å². The van der Waals surface area contributed by atoms with E-state index in [-0.39, 0.29) is 61.4 Å². The number of carbonyl (C=O) groups excluding carboxylic acids is 4. The Kier molecular flexibility index (Phi) is 11.7. The number of fused-ring (bicyclic) bond motifs is 3. The predicted molar refractivity (Wildman–Crippen MR) is 212 cm³/mol. The van der Waals surface area contributed by atoms with Crippen molar-refractivity contribution >= 4 is 44.4 Å². The summed E-state index contributed by atoms with van der Waals surface area (Å²) in [7, 11) is -3.95. The van der Waals surface area contributed by atoms with Gasteiger partial charge in [-0.3, -0.25) is 23.9 Å². The lowest BCUT2D eigenvalue weighted by atomic mass is 9.82. The third-order valence-corrected chi connectivity index (χ3v) is 14.1. The molecule has 4 aliphatic rings. The van der Waals surface area contributed by atoms with E-state index < -0.39 is 55.7 Å². The van der Waals surface area contributed by atoms with Crippen molar-refractivity contribution in [3.63, 3.8) is 0 Å². The lowest BCUT2D eigenvalue weighted by Crippen LogP contribution is -2.48. The lowest BCUT2D eigenvalue weighted by Gasteiger charge is -2.32. The van der Waals surface area contributed by atoms with Crippen molar-refractivity contribution in [2.75, 3.05) is 6.54 Å². The van der Waals surface area contributed by atoms with Gasteiger partial charge in [0, 0.05) is 24.4 Å². The van der Waals surface area contributed by atoms with Gasteiger partial charge < -0.3 is 19.1 Å². The van der Waals surface area contributed by atoms with Crippen molar-refractivity contribution in [1.82, 2.24) is 14.6 Å². The lowest BCUT2D eigenvalue weighted by molar-refractivity contribution is -0.160. The van der Waals surface area contributed by atoms with Crippen LogP contribution >= 0.6 is 0 Å². The highest BCUT2D eigenvalue weighted by molar-refractivity contribution is 7.91. The molecule has 7 atom stereocenters. The van der Waals surface area contributed by atoms with Gasteiger partial charge in [0.05, 0.1) is 41.2 Å². The van der Waals surface area contributed by atoms with E-state index in [2.05, 4.69) is 16.6 Å². The van der Waals surface area contributed by atoms with Crippen molar-refractivity contribution < 1.29 is 41.8 Å². The molecule has 3 heterocycles. The number of nitrogens with one attached hydrogen (secondary N) is 1. The zero-order valence-corrected chi connectivity index (χ0v) is 34.9. The van der Waals surface area contributed by atoms with Crippen LogP contribution < -0.4 is 14.2 Å². The molecule has 3 fully saturated rings. The van der Waals surface area contributed by atoms with Crippen LogP contribution in [-0.4, -0.2) is 77.0 Å². The Morgan fingerprint density at radius 3 is 2.50 bits per heavy atom. The standard InChI is InChI=1S/C43H59N3O9S/c1-26(2)53-31-13-14-33-29(20-31)15-18-44-38(33)54-32-21-35-36(47)24-43(40(50)45-56(51,52)42(8)16-17-42)23-30(43)12-10-9-11-27(3)19-28(4)34(39(49)46(35)25-32)22-37(48)55-41(5,6)7/h10,12-15,18,20,26-28,30,32,34-35H,9,11,16-17,19,21-25H2,1-8H3,(H,45,50)/b12-10-/t27-,28-,30-,32-,34+,35+,43-/m1/s1. The van der Waals surface area contributed by atoms with Gasteiger partial charge in [-0.25, -0.2) is 13.4 Å². The molecule has 0 bridgehead atoms. The van der Waals surface area contributed by atoms with Crippen LogP contribution in [0.4, 0.5) is 0 Å². The van der Waals surface area contributed by atoms with Gasteiger partial charge >= 0.3 is 5.97 Å². The molecular weight excluding hydrogens is 735 g/mol. The molecule has 2 aliphatic carbocycles. The van der Waals surface area contributed by atoms with Crippen LogP contribution in [0.25, 0.3) is 10.8 Å². The van der Waals surface area contributed by atoms with Gasteiger partial charge in [-0.05, 0) is 127 Å². The molecule has 1 N–H and O–H groups in total. The summed E-state index contributed by atoms with van der Waals surface area (Å²) < 4.78 is 45.9. The second-order valence-corrected chi connectivity index (χ2v) is 20.6. The largest absolute Gasteiger partial charge is 0.491 e. The zero-order chi connectivity index (χ0) is 40.8. The fourth-order valence-corrected chi connectivity index (χ4v) is 9.71. The summed E-state index contributed by atoms with van der Waals surface area (Å²) in [6, 6.07) is 6.52. The third kappa shape index (κ3) is 9.24. The van der Waals surface area contributed by atoms with E-state index in [1.165, 1.54) is 4.90 Å². The van der Waals surface area contributed by atoms with Gasteiger partial charge in [0.1, 0.15) is 17.5 Å². The average molecular weight is 794 g/mol. The van der Waals surface area contributed by atoms with E-state index in [4.69, 9.17) is 14.2 Å². The van der Waals surface area contributed by atoms with Crippen molar-refractivity contribution in [2.24, 2.45) is 29.1 Å². The first-order valence-corrected chi connectivity index (χ1v) is 21.7. The summed E-state index contributed by atoms with van der Waals surface area (Å²) in [4.78, 5) is 62.9. The highest BCUT2D eigenvalue weighted by Crippen LogP contribution is 2.57. The summed E-state index contributed by atoms with van der Waals surface area (Å²) >= 11 is 0. The Bertz CT molecular complexity index is 1980. The first kappa shape index (κ1) is 41.6. The Morgan fingerprint density at radius 1 is 1.09 bits per heavy atom. The van der Waals surface area contributed by atoms with Crippen LogP contribution in [0, 0.1) is 29.1 Å². The molecule has 1 aromatic heterocycles. The van der Waals surface area contributed by atoms with E-state index in [0.29, 0.717) is 37.3 Å². The van der Waals surface area contributed by atoms with E-state index in [9.17, 15) is 27.6 Å². The maximum Gasteiger partial charge on any atom is 0.307 e. The second-order valence-electron chi connectivity index (χ2n) is 18.4. The Labute approximate surface area is 331 Å². The summed E-state index contributed by atoms with van der Waals surface area (Å²) in [6.07, 6.45) is 8.17. The normalized spacial score (nSPS) is 30.1. The van der Waals surface area contributed by atoms with Crippen LogP contribution in [0.15, 0.2) is 42.6 Å². The predicted octanol–water partition coefficient (Wildman–Crippen LogP) is 6.69. The van der Waals surface area contributed by atoms with Crippen molar-refractivity contribution in [3.8, 4) is 11.6 Å². The van der Waals surface area contributed by atoms with Crippen molar-refractivity contribution in [3.05, 3.63) is 42.6 Å². The van der Waals surface area contributed by atoms with Crippen LogP contribution in [-0.2, 0) is 33.9 Å². The molecule has 0 spiro atoms. The average Bonchev–Trinajstić information content (AvgIpc) is 3.97. The Balaban J connectivity index is 1.34. The molecule has 6 rings (SSSR count). The number of hydrogen-bond donors (Lipinski definition) is 1. The molecule has 1 aromatic carbocycles. The number of sulfonamides is 1. The summed E-state index contributed by atoms with van der Waals surface area (Å²) in [5.41, 5.74) is -2.01. The summed E-state index contributed by atoms with van der Waals surface area (Å²) in [5, 5.41) is 1.59. The molecule has 306 valence electrons. The highest BCUT2D eigenvalue weighted by atomic mass is 32.2. The molecule has 56 heavy (non-hydrogen) atoms. The smallest absolute Gasteiger partial charge is 0.307 e. The van der Waals surface area contributed by atoms with Crippen LogP contribution in [0.5, 0.6) is 11.6 Å². The minimum Gasteiger partial charge on any atom is -0.491 e. The fourth-order valence-electron chi connectivity index (χ4n) is 8.37. The number of ether oxygens (including phenoxy) is 3. The van der Waals surface area contributed by atoms with Gasteiger partial charge in [0.25, 0.3) is 0 Å². The number of esters is 1. The SMILES string of the molecule is CC(C)Oc1ccc2c(O[C@@H]3C[C@H]4C(=O)C[C@]5(C(=O)NS(=O)(=O)C6(C)CC6)C[C@H]5/C=C\CC[C@@H](C)C[C@@H](C)[C@H](CC(=O)OC(C)(C)C)C(=O)N4C3)nccc2c1. The van der Waals surface area contributed by atoms with Gasteiger partial charge in [-0.15, -0.1) is 0 Å². The molecule has 0 unspecified atom stereocenters. The summed E-state index contributed by atoms with van der Waals surface area (Å²) in [5.74, 6) is -1.90. The maximum atomic E-state index is 14.9. The Hall–Kier alpha value is -4.00. The molecule has 2 aliphatic heterocycles. The minimum absolute atomic E-state index is 0.00701. The first-order chi connectivity index (χ1) is 26.2. The number of pyridine rings is 1. The second kappa shape index (κ2) is 15.7. The van der Waals surface area contributed by atoms with E-state index in [1.807, 2.05) is 57.2 Å². The zero-order valence-electron chi connectivity index (χ0n) is 34.1. The molecule has 0 radical (unpaired) electrons. The third-order valence-electron chi connectivity index (χ3n) is 12.0. The number of aromatic nitrogens is 1. The first-order valence-electron chi connectivity index (χ1n) is 20.2. The topological polar surface area (TPSA) is 158 Å². The number of nitrogens with zero attached hydrogens (tertiary/aromatic N) is 2. The number of amides is 2. The molecule has 13 heteroatoms.